The molecule has 0 aliphatic rings. The first-order valence-corrected chi connectivity index (χ1v) is 7.23. The van der Waals surface area contributed by atoms with E-state index in [1.54, 1.807) is 12.1 Å². The lowest BCUT2D eigenvalue weighted by atomic mass is 10.1. The van der Waals surface area contributed by atoms with Crippen molar-refractivity contribution in [2.24, 2.45) is 0 Å². The highest BCUT2D eigenvalue weighted by Gasteiger charge is 2.05. The fraction of sp³-hybridized carbons (Fsp3) is 0.312. The van der Waals surface area contributed by atoms with Gasteiger partial charge in [-0.25, -0.2) is 9.97 Å². The molecule has 1 aromatic carbocycles. The Balaban J connectivity index is 1.81. The lowest BCUT2D eigenvalue weighted by molar-refractivity contribution is -0.120. The molecule has 1 N–H and O–H groups in total. The molecule has 4 nitrogen and oxygen atoms in total. The molecule has 0 saturated heterocycles. The van der Waals surface area contributed by atoms with Gasteiger partial charge in [-0.05, 0) is 37.6 Å². The third-order valence-corrected chi connectivity index (χ3v) is 3.19. The summed E-state index contributed by atoms with van der Waals surface area (Å²) in [6.07, 6.45) is 0.956. The van der Waals surface area contributed by atoms with Gasteiger partial charge in [-0.15, -0.1) is 0 Å². The van der Waals surface area contributed by atoms with Crippen LogP contribution in [0.4, 0.5) is 0 Å². The second kappa shape index (κ2) is 7.18. The summed E-state index contributed by atoms with van der Waals surface area (Å²) in [5.74, 6) is 0.734. The zero-order valence-corrected chi connectivity index (χ0v) is 12.9. The number of carbonyl (C=O) groups excluding carboxylic acids is 1. The van der Waals surface area contributed by atoms with E-state index in [1.807, 2.05) is 32.0 Å². The van der Waals surface area contributed by atoms with Crippen molar-refractivity contribution in [1.82, 2.24) is 15.3 Å². The highest BCUT2D eigenvalue weighted by Crippen LogP contribution is 2.10. The summed E-state index contributed by atoms with van der Waals surface area (Å²) in [7, 11) is 0. The maximum atomic E-state index is 11.9. The van der Waals surface area contributed by atoms with Gasteiger partial charge in [0.1, 0.15) is 5.82 Å². The molecule has 0 atom stereocenters. The van der Waals surface area contributed by atoms with Gasteiger partial charge in [-0.3, -0.25) is 4.79 Å². The molecule has 110 valence electrons. The molecule has 1 heterocycles. The van der Waals surface area contributed by atoms with Gasteiger partial charge in [0.25, 0.3) is 0 Å². The van der Waals surface area contributed by atoms with Crippen molar-refractivity contribution in [3.8, 4) is 0 Å². The van der Waals surface area contributed by atoms with E-state index in [0.29, 0.717) is 24.4 Å². The summed E-state index contributed by atoms with van der Waals surface area (Å²) in [6, 6.07) is 9.25. The Hall–Kier alpha value is -1.94. The van der Waals surface area contributed by atoms with Gasteiger partial charge in [-0.2, -0.15) is 0 Å². The summed E-state index contributed by atoms with van der Waals surface area (Å²) in [5.41, 5.74) is 2.80. The number of hydrogen-bond donors (Lipinski definition) is 1. The maximum absolute atomic E-state index is 11.9. The number of nitrogens with zero attached hydrogens (tertiary/aromatic N) is 2. The molecule has 0 saturated carbocycles. The lowest BCUT2D eigenvalue weighted by Gasteiger charge is -2.06. The Bertz CT molecular complexity index is 623. The minimum absolute atomic E-state index is 0.0263. The Kier molecular flexibility index (Phi) is 5.28. The van der Waals surface area contributed by atoms with E-state index in [2.05, 4.69) is 15.3 Å². The predicted octanol–water partition coefficient (Wildman–Crippen LogP) is 2.65. The number of amides is 1. The summed E-state index contributed by atoms with van der Waals surface area (Å²) in [5, 5.41) is 3.52. The third kappa shape index (κ3) is 5.16. The minimum Gasteiger partial charge on any atom is -0.355 e. The molecule has 0 aliphatic carbocycles. The summed E-state index contributed by atoms with van der Waals surface area (Å²) < 4.78 is 0. The Morgan fingerprint density at radius 3 is 2.57 bits per heavy atom. The van der Waals surface area contributed by atoms with E-state index in [0.717, 1.165) is 22.8 Å². The minimum atomic E-state index is -0.0263. The van der Waals surface area contributed by atoms with Crippen molar-refractivity contribution < 1.29 is 4.79 Å². The van der Waals surface area contributed by atoms with Crippen LogP contribution in [0, 0.1) is 13.8 Å². The van der Waals surface area contributed by atoms with Crippen molar-refractivity contribution >= 4 is 17.5 Å². The predicted molar refractivity (Wildman–Crippen MR) is 83.4 cm³/mol. The molecule has 2 rings (SSSR count). The molecule has 1 aromatic heterocycles. The first-order chi connectivity index (χ1) is 10.0. The number of nitrogens with one attached hydrogen (secondary N) is 1. The molecule has 1 amide bonds. The first kappa shape index (κ1) is 15.4. The van der Waals surface area contributed by atoms with Crippen LogP contribution in [0.15, 0.2) is 30.3 Å². The average Bonchev–Trinajstić information content (AvgIpc) is 2.37. The normalized spacial score (nSPS) is 10.4. The van der Waals surface area contributed by atoms with E-state index in [1.165, 1.54) is 0 Å². The van der Waals surface area contributed by atoms with Crippen LogP contribution >= 0.6 is 11.6 Å². The highest BCUT2D eigenvalue weighted by molar-refractivity contribution is 6.30. The molecule has 21 heavy (non-hydrogen) atoms. The zero-order valence-electron chi connectivity index (χ0n) is 12.2. The highest BCUT2D eigenvalue weighted by atomic mass is 35.5. The van der Waals surface area contributed by atoms with E-state index < -0.39 is 0 Å². The number of aryl methyl sites for hydroxylation is 2. The SMILES string of the molecule is Cc1cc(C)nc(CCNC(=O)Cc2cccc(Cl)c2)n1. The molecule has 0 fully saturated rings. The maximum Gasteiger partial charge on any atom is 0.224 e. The third-order valence-electron chi connectivity index (χ3n) is 2.95. The van der Waals surface area contributed by atoms with Crippen LogP contribution in [0.5, 0.6) is 0 Å². The van der Waals surface area contributed by atoms with Crippen LogP contribution in [-0.4, -0.2) is 22.4 Å². The van der Waals surface area contributed by atoms with Crippen LogP contribution in [0.25, 0.3) is 0 Å². The van der Waals surface area contributed by atoms with Gasteiger partial charge >= 0.3 is 0 Å². The quantitative estimate of drug-likeness (QED) is 0.924. The van der Waals surface area contributed by atoms with E-state index in [-0.39, 0.29) is 5.91 Å². The van der Waals surface area contributed by atoms with Crippen molar-refractivity contribution in [3.05, 3.63) is 58.1 Å². The number of benzene rings is 1. The monoisotopic (exact) mass is 303 g/mol. The Morgan fingerprint density at radius 2 is 1.90 bits per heavy atom. The average molecular weight is 304 g/mol. The van der Waals surface area contributed by atoms with Crippen LogP contribution in [-0.2, 0) is 17.6 Å². The second-order valence-corrected chi connectivity index (χ2v) is 5.41. The van der Waals surface area contributed by atoms with E-state index in [4.69, 9.17) is 11.6 Å². The van der Waals surface area contributed by atoms with Crippen molar-refractivity contribution in [3.63, 3.8) is 0 Å². The van der Waals surface area contributed by atoms with Gasteiger partial charge in [0.15, 0.2) is 0 Å². The van der Waals surface area contributed by atoms with Gasteiger partial charge in [0.2, 0.25) is 5.91 Å². The van der Waals surface area contributed by atoms with Crippen LogP contribution < -0.4 is 5.32 Å². The topological polar surface area (TPSA) is 54.9 Å². The number of halogens is 1. The fourth-order valence-electron chi connectivity index (χ4n) is 2.12. The first-order valence-electron chi connectivity index (χ1n) is 6.85. The number of carbonyl (C=O) groups is 1. The molecule has 0 aliphatic heterocycles. The van der Waals surface area contributed by atoms with Crippen LogP contribution in [0.2, 0.25) is 5.02 Å². The second-order valence-electron chi connectivity index (χ2n) is 4.97. The largest absolute Gasteiger partial charge is 0.355 e. The van der Waals surface area contributed by atoms with Crippen molar-refractivity contribution in [1.29, 1.82) is 0 Å². The fourth-order valence-corrected chi connectivity index (χ4v) is 2.33. The van der Waals surface area contributed by atoms with Crippen molar-refractivity contribution in [2.75, 3.05) is 6.54 Å². The van der Waals surface area contributed by atoms with Crippen molar-refractivity contribution in [2.45, 2.75) is 26.7 Å². The number of aromatic nitrogens is 2. The van der Waals surface area contributed by atoms with E-state index >= 15 is 0 Å². The van der Waals surface area contributed by atoms with Crippen LogP contribution in [0.1, 0.15) is 22.8 Å². The van der Waals surface area contributed by atoms with E-state index in [9.17, 15) is 4.79 Å². The lowest BCUT2D eigenvalue weighted by Crippen LogP contribution is -2.27. The number of rotatable bonds is 5. The van der Waals surface area contributed by atoms with Gasteiger partial charge in [-0.1, -0.05) is 23.7 Å². The molecule has 5 heteroatoms. The molecule has 0 spiro atoms. The summed E-state index contributed by atoms with van der Waals surface area (Å²) in [4.78, 5) is 20.5. The van der Waals surface area contributed by atoms with Crippen LogP contribution in [0.3, 0.4) is 0 Å². The molecular weight excluding hydrogens is 286 g/mol. The summed E-state index contributed by atoms with van der Waals surface area (Å²) in [6.45, 7) is 4.41. The standard InChI is InChI=1S/C16H18ClN3O/c1-11-8-12(2)20-15(19-11)6-7-18-16(21)10-13-4-3-5-14(17)9-13/h3-5,8-9H,6-7,10H2,1-2H3,(H,18,21). The van der Waals surface area contributed by atoms with Gasteiger partial charge in [0, 0.05) is 29.4 Å². The molecule has 0 unspecified atom stereocenters. The van der Waals surface area contributed by atoms with Gasteiger partial charge in [0.05, 0.1) is 6.42 Å². The smallest absolute Gasteiger partial charge is 0.224 e. The number of hydrogen-bond acceptors (Lipinski definition) is 3. The molecule has 0 bridgehead atoms. The molecular formula is C16H18ClN3O. The molecule has 2 aromatic rings. The van der Waals surface area contributed by atoms with Gasteiger partial charge < -0.3 is 5.32 Å². The summed E-state index contributed by atoms with van der Waals surface area (Å²) >= 11 is 5.89. The zero-order chi connectivity index (χ0) is 15.2. The Morgan fingerprint density at radius 1 is 1.19 bits per heavy atom. The Labute approximate surface area is 129 Å². The molecule has 0 radical (unpaired) electrons.